The summed E-state index contributed by atoms with van der Waals surface area (Å²) >= 11 is 0. The Balaban J connectivity index is 4.58. The van der Waals surface area contributed by atoms with Crippen molar-refractivity contribution < 1.29 is 14.0 Å². The molecule has 19 heavy (non-hydrogen) atoms. The Bertz CT molecular complexity index is 297. The van der Waals surface area contributed by atoms with Crippen LogP contribution in [0.3, 0.4) is 0 Å². The number of rotatable bonds is 5. The van der Waals surface area contributed by atoms with E-state index in [-0.39, 0.29) is 17.1 Å². The molecule has 0 aliphatic carbocycles. The minimum absolute atomic E-state index is 0.0317. The van der Waals surface area contributed by atoms with Crippen LogP contribution in [0.2, 0.25) is 18.1 Å². The van der Waals surface area contributed by atoms with Gasteiger partial charge in [0, 0.05) is 0 Å². The van der Waals surface area contributed by atoms with Gasteiger partial charge in [-0.05, 0) is 45.3 Å². The Morgan fingerprint density at radius 1 is 1.11 bits per heavy atom. The van der Waals surface area contributed by atoms with Gasteiger partial charge in [-0.15, -0.1) is 0 Å². The summed E-state index contributed by atoms with van der Waals surface area (Å²) in [6.45, 7) is 18.8. The molecule has 0 heterocycles. The highest BCUT2D eigenvalue weighted by Crippen LogP contribution is 2.38. The molecule has 0 spiro atoms. The Morgan fingerprint density at radius 2 is 1.58 bits per heavy atom. The zero-order chi connectivity index (χ0) is 15.5. The molecule has 114 valence electrons. The minimum atomic E-state index is -1.82. The molecule has 0 aliphatic heterocycles. The Labute approximate surface area is 120 Å². The van der Waals surface area contributed by atoms with Crippen molar-refractivity contribution in [1.82, 2.24) is 0 Å². The summed E-state index contributed by atoms with van der Waals surface area (Å²) in [5.41, 5.74) is -0.424. The van der Waals surface area contributed by atoms with Crippen LogP contribution in [-0.4, -0.2) is 26.0 Å². The average Bonchev–Trinajstić information content (AvgIpc) is 2.11. The molecule has 1 unspecified atom stereocenters. The van der Waals surface area contributed by atoms with E-state index >= 15 is 0 Å². The van der Waals surface area contributed by atoms with E-state index in [1.807, 2.05) is 20.8 Å². The predicted octanol–water partition coefficient (Wildman–Crippen LogP) is 4.52. The third-order valence-corrected chi connectivity index (χ3v) is 8.07. The summed E-state index contributed by atoms with van der Waals surface area (Å²) < 4.78 is 11.6. The lowest BCUT2D eigenvalue weighted by atomic mass is 10.1. The fourth-order valence-corrected chi connectivity index (χ4v) is 2.87. The molecule has 0 N–H and O–H groups in total. The van der Waals surface area contributed by atoms with Gasteiger partial charge in [0.25, 0.3) is 0 Å². The molecule has 0 radical (unpaired) electrons. The number of esters is 1. The van der Waals surface area contributed by atoms with Crippen molar-refractivity contribution in [3.8, 4) is 0 Å². The molecular formula is C15H32O3Si. The fourth-order valence-electron chi connectivity index (χ4n) is 1.43. The highest BCUT2D eigenvalue weighted by atomic mass is 28.4. The Kier molecular flexibility index (Phi) is 6.28. The van der Waals surface area contributed by atoms with Gasteiger partial charge < -0.3 is 9.16 Å². The van der Waals surface area contributed by atoms with Gasteiger partial charge in [0.2, 0.25) is 0 Å². The standard InChI is InChI=1S/C15H32O3Si/c1-10-12(11-13(16)17-14(2,3)4)18-19(8,9)15(5,6)7/h12H,10-11H2,1-9H3. The lowest BCUT2D eigenvalue weighted by Crippen LogP contribution is -2.44. The van der Waals surface area contributed by atoms with E-state index in [0.29, 0.717) is 6.42 Å². The third-order valence-electron chi connectivity index (χ3n) is 3.54. The van der Waals surface area contributed by atoms with Crippen LogP contribution in [-0.2, 0) is 14.0 Å². The molecule has 4 heteroatoms. The maximum atomic E-state index is 11.9. The molecule has 0 saturated heterocycles. The normalized spacial score (nSPS) is 15.2. The Hall–Kier alpha value is -0.353. The van der Waals surface area contributed by atoms with Gasteiger partial charge in [0.05, 0.1) is 12.5 Å². The summed E-state index contributed by atoms with van der Waals surface area (Å²) in [7, 11) is -1.82. The topological polar surface area (TPSA) is 35.5 Å². The average molecular weight is 289 g/mol. The van der Waals surface area contributed by atoms with Gasteiger partial charge in [0.1, 0.15) is 5.60 Å². The lowest BCUT2D eigenvalue weighted by Gasteiger charge is -2.39. The molecular weight excluding hydrogens is 256 g/mol. The van der Waals surface area contributed by atoms with E-state index in [0.717, 1.165) is 6.42 Å². The zero-order valence-corrected chi connectivity index (χ0v) is 15.2. The van der Waals surface area contributed by atoms with Crippen LogP contribution in [0.25, 0.3) is 0 Å². The van der Waals surface area contributed by atoms with Crippen molar-refractivity contribution in [3.05, 3.63) is 0 Å². The van der Waals surface area contributed by atoms with E-state index in [1.54, 1.807) is 0 Å². The maximum absolute atomic E-state index is 11.9. The van der Waals surface area contributed by atoms with Crippen LogP contribution in [0.15, 0.2) is 0 Å². The summed E-state index contributed by atoms with van der Waals surface area (Å²) in [5, 5.41) is 0.161. The number of ether oxygens (including phenoxy) is 1. The van der Waals surface area contributed by atoms with E-state index in [4.69, 9.17) is 9.16 Å². The summed E-state index contributed by atoms with van der Waals surface area (Å²) in [6, 6.07) is 0. The zero-order valence-electron chi connectivity index (χ0n) is 14.2. The van der Waals surface area contributed by atoms with E-state index < -0.39 is 13.9 Å². The van der Waals surface area contributed by atoms with E-state index in [1.165, 1.54) is 0 Å². The molecule has 0 aromatic rings. The van der Waals surface area contributed by atoms with Crippen LogP contribution >= 0.6 is 0 Å². The number of hydrogen-bond donors (Lipinski definition) is 0. The second-order valence-corrected chi connectivity index (χ2v) is 12.5. The van der Waals surface area contributed by atoms with Crippen LogP contribution in [0.1, 0.15) is 61.3 Å². The summed E-state index contributed by atoms with van der Waals surface area (Å²) in [4.78, 5) is 11.9. The van der Waals surface area contributed by atoms with E-state index in [9.17, 15) is 4.79 Å². The molecule has 0 bridgehead atoms. The second-order valence-electron chi connectivity index (χ2n) is 7.70. The smallest absolute Gasteiger partial charge is 0.308 e. The molecule has 3 nitrogen and oxygen atoms in total. The summed E-state index contributed by atoms with van der Waals surface area (Å²) in [5.74, 6) is -0.168. The molecule has 0 aromatic carbocycles. The SMILES string of the molecule is CCC(CC(=O)OC(C)(C)C)O[Si](C)(C)C(C)(C)C. The maximum Gasteiger partial charge on any atom is 0.308 e. The first kappa shape index (κ1) is 18.6. The van der Waals surface area contributed by atoms with Gasteiger partial charge >= 0.3 is 5.97 Å². The number of hydrogen-bond acceptors (Lipinski definition) is 3. The third kappa shape index (κ3) is 7.11. The van der Waals surface area contributed by atoms with Crippen molar-refractivity contribution in [2.24, 2.45) is 0 Å². The van der Waals surface area contributed by atoms with Crippen molar-refractivity contribution in [1.29, 1.82) is 0 Å². The highest BCUT2D eigenvalue weighted by molar-refractivity contribution is 6.74. The van der Waals surface area contributed by atoms with Crippen molar-refractivity contribution >= 4 is 14.3 Å². The fraction of sp³-hybridized carbons (Fsp3) is 0.933. The first-order valence-corrected chi connectivity index (χ1v) is 10.1. The highest BCUT2D eigenvalue weighted by Gasteiger charge is 2.39. The van der Waals surface area contributed by atoms with Crippen LogP contribution < -0.4 is 0 Å². The van der Waals surface area contributed by atoms with Crippen molar-refractivity contribution in [3.63, 3.8) is 0 Å². The van der Waals surface area contributed by atoms with Crippen LogP contribution in [0.4, 0.5) is 0 Å². The quantitative estimate of drug-likeness (QED) is 0.551. The summed E-state index contributed by atoms with van der Waals surface area (Å²) in [6.07, 6.45) is 1.15. The second kappa shape index (κ2) is 6.40. The lowest BCUT2D eigenvalue weighted by molar-refractivity contribution is -0.156. The molecule has 0 aliphatic rings. The largest absolute Gasteiger partial charge is 0.460 e. The van der Waals surface area contributed by atoms with Gasteiger partial charge in [-0.3, -0.25) is 4.79 Å². The van der Waals surface area contributed by atoms with Crippen molar-refractivity contribution in [2.75, 3.05) is 0 Å². The number of carbonyl (C=O) groups is 1. The van der Waals surface area contributed by atoms with Crippen LogP contribution in [0.5, 0.6) is 0 Å². The first-order chi connectivity index (χ1) is 8.28. The molecule has 0 saturated carbocycles. The molecule has 1 atom stereocenters. The van der Waals surface area contributed by atoms with Crippen LogP contribution in [0, 0.1) is 0 Å². The first-order valence-electron chi connectivity index (χ1n) is 7.18. The van der Waals surface area contributed by atoms with Crippen molar-refractivity contribution in [2.45, 2.75) is 91.1 Å². The predicted molar refractivity (Wildman–Crippen MR) is 82.8 cm³/mol. The molecule has 0 fully saturated rings. The Morgan fingerprint density at radius 3 is 1.89 bits per heavy atom. The van der Waals surface area contributed by atoms with Gasteiger partial charge in [-0.25, -0.2) is 0 Å². The van der Waals surface area contributed by atoms with Gasteiger partial charge in [-0.2, -0.15) is 0 Å². The molecule has 0 aromatic heterocycles. The molecule has 0 amide bonds. The minimum Gasteiger partial charge on any atom is -0.460 e. The number of carbonyl (C=O) groups excluding carboxylic acids is 1. The van der Waals surface area contributed by atoms with Gasteiger partial charge in [-0.1, -0.05) is 27.7 Å². The van der Waals surface area contributed by atoms with E-state index in [2.05, 4.69) is 40.8 Å². The van der Waals surface area contributed by atoms with Gasteiger partial charge in [0.15, 0.2) is 8.32 Å². The monoisotopic (exact) mass is 288 g/mol. The molecule has 0 rings (SSSR count).